The van der Waals surface area contributed by atoms with Gasteiger partial charge in [-0.25, -0.2) is 4.39 Å². The van der Waals surface area contributed by atoms with Gasteiger partial charge in [-0.05, 0) is 37.5 Å². The number of nitrogens with zero attached hydrogens (tertiary/aromatic N) is 3. The number of hydrogen-bond acceptors (Lipinski definition) is 3. The van der Waals surface area contributed by atoms with Gasteiger partial charge in [-0.2, -0.15) is 5.10 Å². The summed E-state index contributed by atoms with van der Waals surface area (Å²) < 4.78 is 17.0. The minimum atomic E-state index is -0.270. The lowest BCUT2D eigenvalue weighted by atomic mass is 9.93. The number of carbonyl (C=O) groups excluding carboxylic acids is 1. The van der Waals surface area contributed by atoms with Crippen LogP contribution in [0.4, 0.5) is 4.39 Å². The molecule has 0 aliphatic carbocycles. The number of amides is 1. The molecule has 25 heavy (non-hydrogen) atoms. The Morgan fingerprint density at radius 3 is 3.00 bits per heavy atom. The van der Waals surface area contributed by atoms with Gasteiger partial charge in [-0.15, -0.1) is 0 Å². The van der Waals surface area contributed by atoms with Gasteiger partial charge in [-0.3, -0.25) is 9.48 Å². The number of fused-ring (bicyclic) bond motifs is 2. The van der Waals surface area contributed by atoms with Crippen molar-refractivity contribution in [3.63, 3.8) is 0 Å². The van der Waals surface area contributed by atoms with Crippen molar-refractivity contribution in [3.8, 4) is 0 Å². The minimum absolute atomic E-state index is 0.00140. The molecule has 1 amide bonds. The number of aromatic nitrogens is 2. The quantitative estimate of drug-likeness (QED) is 0.791. The summed E-state index contributed by atoms with van der Waals surface area (Å²) in [6.45, 7) is 3.03. The van der Waals surface area contributed by atoms with Crippen molar-refractivity contribution in [1.29, 1.82) is 0 Å². The van der Waals surface area contributed by atoms with Crippen molar-refractivity contribution in [1.82, 2.24) is 14.7 Å². The Bertz CT molecular complexity index is 850. The van der Waals surface area contributed by atoms with Crippen molar-refractivity contribution < 1.29 is 9.18 Å². The Balaban J connectivity index is 1.66. The fourth-order valence-corrected chi connectivity index (χ4v) is 4.31. The van der Waals surface area contributed by atoms with Gasteiger partial charge in [0.15, 0.2) is 0 Å². The highest BCUT2D eigenvalue weighted by Crippen LogP contribution is 2.30. The lowest BCUT2D eigenvalue weighted by molar-refractivity contribution is 0.0653. The predicted molar refractivity (Wildman–Crippen MR) is 95.7 cm³/mol. The van der Waals surface area contributed by atoms with E-state index in [2.05, 4.69) is 21.0 Å². The molecular weight excluding hydrogens is 387 g/mol. The number of carbonyl (C=O) groups is 1. The number of halogens is 2. The van der Waals surface area contributed by atoms with E-state index in [0.717, 1.165) is 28.7 Å². The Labute approximate surface area is 154 Å². The van der Waals surface area contributed by atoms with Crippen molar-refractivity contribution in [2.45, 2.75) is 51.4 Å². The summed E-state index contributed by atoms with van der Waals surface area (Å²) in [5.74, 6) is -0.357. The molecular formula is C18H20BrFN4O. The Hall–Kier alpha value is -1.73. The molecule has 0 fully saturated rings. The fraction of sp³-hybridized carbons (Fsp3) is 0.444. The molecule has 0 radical (unpaired) electrons. The minimum Gasteiger partial charge on any atom is -0.331 e. The maximum absolute atomic E-state index is 14.4. The van der Waals surface area contributed by atoms with Crippen LogP contribution in [0.5, 0.6) is 0 Å². The Kier molecular flexibility index (Phi) is 4.16. The average Bonchev–Trinajstić information content (AvgIpc) is 2.96. The monoisotopic (exact) mass is 406 g/mol. The van der Waals surface area contributed by atoms with Crippen LogP contribution < -0.4 is 5.73 Å². The summed E-state index contributed by atoms with van der Waals surface area (Å²) in [5, 5.41) is 4.34. The number of hydrogen-bond donors (Lipinski definition) is 1. The zero-order chi connectivity index (χ0) is 17.7. The van der Waals surface area contributed by atoms with Gasteiger partial charge in [0.05, 0.1) is 17.5 Å². The van der Waals surface area contributed by atoms with E-state index in [1.54, 1.807) is 11.1 Å². The van der Waals surface area contributed by atoms with Gasteiger partial charge in [0.1, 0.15) is 5.82 Å². The molecule has 2 aliphatic heterocycles. The molecule has 132 valence electrons. The molecule has 2 aromatic rings. The number of aryl methyl sites for hydroxylation is 1. The van der Waals surface area contributed by atoms with E-state index < -0.39 is 0 Å². The third-order valence-corrected chi connectivity index (χ3v) is 5.69. The average molecular weight is 407 g/mol. The number of rotatable bonds is 1. The van der Waals surface area contributed by atoms with Crippen LogP contribution in [0.15, 0.2) is 22.8 Å². The first kappa shape index (κ1) is 16.7. The van der Waals surface area contributed by atoms with Crippen LogP contribution in [-0.4, -0.2) is 32.7 Å². The van der Waals surface area contributed by atoms with E-state index in [4.69, 9.17) is 5.73 Å². The van der Waals surface area contributed by atoms with E-state index in [9.17, 15) is 9.18 Å². The van der Waals surface area contributed by atoms with Crippen LogP contribution in [0.2, 0.25) is 0 Å². The second-order valence-corrected chi connectivity index (χ2v) is 7.91. The van der Waals surface area contributed by atoms with Gasteiger partial charge in [0.2, 0.25) is 0 Å². The summed E-state index contributed by atoms with van der Waals surface area (Å²) in [4.78, 5) is 14.9. The molecule has 0 saturated heterocycles. The van der Waals surface area contributed by atoms with Crippen LogP contribution in [0.25, 0.3) is 0 Å². The first-order valence-electron chi connectivity index (χ1n) is 8.52. The van der Waals surface area contributed by atoms with E-state index in [0.29, 0.717) is 24.0 Å². The normalized spacial score (nSPS) is 22.5. The first-order chi connectivity index (χ1) is 11.9. The second kappa shape index (κ2) is 6.21. The lowest BCUT2D eigenvalue weighted by Crippen LogP contribution is -2.43. The van der Waals surface area contributed by atoms with E-state index in [1.165, 1.54) is 6.07 Å². The molecule has 0 bridgehead atoms. The van der Waals surface area contributed by atoms with Gasteiger partial charge in [0, 0.05) is 41.6 Å². The molecule has 2 unspecified atom stereocenters. The summed E-state index contributed by atoms with van der Waals surface area (Å²) in [5.41, 5.74) is 9.13. The molecule has 5 nitrogen and oxygen atoms in total. The van der Waals surface area contributed by atoms with Crippen molar-refractivity contribution in [2.24, 2.45) is 5.73 Å². The number of nitrogens with two attached hydrogens (primary N) is 1. The fourth-order valence-electron chi connectivity index (χ4n) is 3.83. The highest BCUT2D eigenvalue weighted by Gasteiger charge is 2.32. The van der Waals surface area contributed by atoms with E-state index in [1.807, 2.05) is 17.7 Å². The topological polar surface area (TPSA) is 64.2 Å². The van der Waals surface area contributed by atoms with Gasteiger partial charge >= 0.3 is 0 Å². The summed E-state index contributed by atoms with van der Waals surface area (Å²) in [6, 6.07) is 3.46. The van der Waals surface area contributed by atoms with Crippen molar-refractivity contribution in [3.05, 3.63) is 51.0 Å². The molecule has 2 N–H and O–H groups in total. The Morgan fingerprint density at radius 1 is 1.40 bits per heavy atom. The van der Waals surface area contributed by atoms with E-state index in [-0.39, 0.29) is 30.4 Å². The lowest BCUT2D eigenvalue weighted by Gasteiger charge is -2.35. The van der Waals surface area contributed by atoms with Crippen molar-refractivity contribution >= 4 is 21.8 Å². The van der Waals surface area contributed by atoms with Crippen molar-refractivity contribution in [2.75, 3.05) is 0 Å². The molecule has 3 heterocycles. The van der Waals surface area contributed by atoms with Gasteiger partial charge in [0.25, 0.3) is 5.91 Å². The molecule has 4 rings (SSSR count). The van der Waals surface area contributed by atoms with Crippen LogP contribution in [0.1, 0.15) is 40.5 Å². The zero-order valence-corrected chi connectivity index (χ0v) is 15.6. The smallest absolute Gasteiger partial charge is 0.257 e. The largest absolute Gasteiger partial charge is 0.331 e. The molecule has 0 spiro atoms. The van der Waals surface area contributed by atoms with Crippen LogP contribution in [0.3, 0.4) is 0 Å². The highest BCUT2D eigenvalue weighted by atomic mass is 79.9. The second-order valence-electron chi connectivity index (χ2n) is 6.99. The van der Waals surface area contributed by atoms with Crippen LogP contribution in [-0.2, 0) is 25.9 Å². The SMILES string of the molecule is CC1Cc2cc(Br)cc(F)c2CN1C(=O)c1cnn2c1CC(N)CC2. The Morgan fingerprint density at radius 2 is 2.20 bits per heavy atom. The third kappa shape index (κ3) is 2.89. The zero-order valence-electron chi connectivity index (χ0n) is 14.0. The summed E-state index contributed by atoms with van der Waals surface area (Å²) in [6.07, 6.45) is 3.80. The predicted octanol–water partition coefficient (Wildman–Crippen LogP) is 2.65. The number of benzene rings is 1. The van der Waals surface area contributed by atoms with Crippen LogP contribution >= 0.6 is 15.9 Å². The third-order valence-electron chi connectivity index (χ3n) is 5.24. The maximum atomic E-state index is 14.4. The standard InChI is InChI=1S/C18H20BrFN4O/c1-10-4-11-5-12(19)6-16(20)15(11)9-23(10)18(25)14-8-22-24-3-2-13(21)7-17(14)24/h5-6,8,10,13H,2-4,7,9,21H2,1H3. The van der Waals surface area contributed by atoms with Gasteiger partial charge < -0.3 is 10.6 Å². The molecule has 0 saturated carbocycles. The molecule has 1 aromatic carbocycles. The van der Waals surface area contributed by atoms with Gasteiger partial charge in [-0.1, -0.05) is 15.9 Å². The first-order valence-corrected chi connectivity index (χ1v) is 9.31. The van der Waals surface area contributed by atoms with E-state index >= 15 is 0 Å². The summed E-state index contributed by atoms with van der Waals surface area (Å²) in [7, 11) is 0. The summed E-state index contributed by atoms with van der Waals surface area (Å²) >= 11 is 3.34. The van der Waals surface area contributed by atoms with Crippen LogP contribution in [0, 0.1) is 5.82 Å². The molecule has 1 aromatic heterocycles. The maximum Gasteiger partial charge on any atom is 0.257 e. The molecule has 2 atom stereocenters. The molecule has 7 heteroatoms. The molecule has 2 aliphatic rings. The highest BCUT2D eigenvalue weighted by molar-refractivity contribution is 9.10.